The molecule has 0 radical (unpaired) electrons. The minimum absolute atomic E-state index is 0.0284. The van der Waals surface area contributed by atoms with Crippen molar-refractivity contribution < 1.29 is 14.6 Å². The van der Waals surface area contributed by atoms with Gasteiger partial charge in [0.25, 0.3) is 5.69 Å². The third kappa shape index (κ3) is 3.14. The predicted molar refractivity (Wildman–Crippen MR) is 75.7 cm³/mol. The molecule has 108 valence electrons. The second kappa shape index (κ2) is 5.58. The molecule has 0 aromatic heterocycles. The summed E-state index contributed by atoms with van der Waals surface area (Å²) in [7, 11) is 0. The van der Waals surface area contributed by atoms with Gasteiger partial charge in [0.15, 0.2) is 0 Å². The van der Waals surface area contributed by atoms with Crippen LogP contribution in [0.1, 0.15) is 11.1 Å². The molecule has 0 unspecified atom stereocenters. The van der Waals surface area contributed by atoms with Crippen LogP contribution in [-0.4, -0.2) is 9.85 Å². The van der Waals surface area contributed by atoms with Crippen LogP contribution >= 0.6 is 0 Å². The van der Waals surface area contributed by atoms with Gasteiger partial charge in [-0.3, -0.25) is 20.2 Å². The fourth-order valence-electron chi connectivity index (χ4n) is 1.78. The molecule has 2 rings (SSSR count). The van der Waals surface area contributed by atoms with Crippen LogP contribution in [-0.2, 0) is 0 Å². The fraction of sp³-hybridized carbons (Fsp3) is 0.143. The molecule has 0 bridgehead atoms. The van der Waals surface area contributed by atoms with Gasteiger partial charge in [0, 0.05) is 6.07 Å². The van der Waals surface area contributed by atoms with Gasteiger partial charge >= 0.3 is 5.69 Å². The molecule has 2 aromatic carbocycles. The summed E-state index contributed by atoms with van der Waals surface area (Å²) in [6, 6.07) is 8.78. The molecule has 2 aromatic rings. The normalized spacial score (nSPS) is 10.2. The van der Waals surface area contributed by atoms with Gasteiger partial charge in [-0.05, 0) is 37.1 Å². The maximum atomic E-state index is 11.0. The molecule has 0 aliphatic heterocycles. The first-order valence-corrected chi connectivity index (χ1v) is 6.06. The lowest BCUT2D eigenvalue weighted by molar-refractivity contribution is -0.394. The molecule has 0 aliphatic rings. The molecular weight excluding hydrogens is 276 g/mol. The minimum Gasteiger partial charge on any atom is -0.450 e. The van der Waals surface area contributed by atoms with Crippen LogP contribution < -0.4 is 4.74 Å². The Bertz CT molecular complexity index is 727. The van der Waals surface area contributed by atoms with E-state index in [1.165, 1.54) is 12.1 Å². The van der Waals surface area contributed by atoms with Crippen molar-refractivity contribution in [1.82, 2.24) is 0 Å². The lowest BCUT2D eigenvalue weighted by atomic mass is 10.1. The zero-order valence-electron chi connectivity index (χ0n) is 11.4. The van der Waals surface area contributed by atoms with E-state index in [9.17, 15) is 20.2 Å². The Balaban J connectivity index is 2.46. The summed E-state index contributed by atoms with van der Waals surface area (Å²) >= 11 is 0. The standard InChI is InChI=1S/C14H12N2O5/c1-9-3-4-10(2)14(7-9)21-13-6-5-11(15(17)18)8-12(13)16(19)20/h3-8H,1-2H3. The highest BCUT2D eigenvalue weighted by atomic mass is 16.6. The number of nitrogens with zero attached hydrogens (tertiary/aromatic N) is 2. The van der Waals surface area contributed by atoms with Crippen LogP contribution in [0.2, 0.25) is 0 Å². The van der Waals surface area contributed by atoms with E-state index < -0.39 is 15.5 Å². The first-order chi connectivity index (χ1) is 9.88. The number of hydrogen-bond acceptors (Lipinski definition) is 5. The largest absolute Gasteiger partial charge is 0.450 e. The van der Waals surface area contributed by atoms with Crippen LogP contribution in [0.3, 0.4) is 0 Å². The van der Waals surface area contributed by atoms with Crippen molar-refractivity contribution >= 4 is 11.4 Å². The third-order valence-corrected chi connectivity index (χ3v) is 2.91. The van der Waals surface area contributed by atoms with Gasteiger partial charge in [-0.2, -0.15) is 0 Å². The predicted octanol–water partition coefficient (Wildman–Crippen LogP) is 3.91. The first kappa shape index (κ1) is 14.4. The van der Waals surface area contributed by atoms with Crippen molar-refractivity contribution in [3.8, 4) is 11.5 Å². The summed E-state index contributed by atoms with van der Waals surface area (Å²) in [5.74, 6) is 0.450. The number of aryl methyl sites for hydroxylation is 2. The van der Waals surface area contributed by atoms with E-state index >= 15 is 0 Å². The zero-order chi connectivity index (χ0) is 15.6. The molecule has 0 saturated heterocycles. The van der Waals surface area contributed by atoms with Gasteiger partial charge < -0.3 is 4.74 Å². The maximum absolute atomic E-state index is 11.0. The van der Waals surface area contributed by atoms with E-state index in [1.807, 2.05) is 26.0 Å². The highest BCUT2D eigenvalue weighted by Crippen LogP contribution is 2.35. The Morgan fingerprint density at radius 1 is 0.905 bits per heavy atom. The van der Waals surface area contributed by atoms with Crippen molar-refractivity contribution in [3.63, 3.8) is 0 Å². The van der Waals surface area contributed by atoms with Crippen molar-refractivity contribution in [3.05, 3.63) is 67.8 Å². The quantitative estimate of drug-likeness (QED) is 0.627. The second-order valence-electron chi connectivity index (χ2n) is 4.54. The van der Waals surface area contributed by atoms with E-state index in [0.29, 0.717) is 5.75 Å². The molecular formula is C14H12N2O5. The zero-order valence-corrected chi connectivity index (χ0v) is 11.4. The number of nitro groups is 2. The van der Waals surface area contributed by atoms with Gasteiger partial charge in [-0.15, -0.1) is 0 Å². The number of rotatable bonds is 4. The molecule has 0 atom stereocenters. The smallest absolute Gasteiger partial charge is 0.318 e. The van der Waals surface area contributed by atoms with Crippen molar-refractivity contribution in [2.24, 2.45) is 0 Å². The maximum Gasteiger partial charge on any atom is 0.318 e. The van der Waals surface area contributed by atoms with Gasteiger partial charge in [-0.25, -0.2) is 0 Å². The van der Waals surface area contributed by atoms with Crippen molar-refractivity contribution in [1.29, 1.82) is 0 Å². The van der Waals surface area contributed by atoms with Gasteiger partial charge in [-0.1, -0.05) is 12.1 Å². The Labute approximate surface area is 120 Å². The summed E-state index contributed by atoms with van der Waals surface area (Å²) in [4.78, 5) is 20.3. The van der Waals surface area contributed by atoms with Crippen molar-refractivity contribution in [2.45, 2.75) is 13.8 Å². The minimum atomic E-state index is -0.701. The van der Waals surface area contributed by atoms with Crippen LogP contribution in [0.25, 0.3) is 0 Å². The molecule has 0 N–H and O–H groups in total. The van der Waals surface area contributed by atoms with E-state index in [0.717, 1.165) is 17.2 Å². The summed E-state index contributed by atoms with van der Waals surface area (Å²) in [6.45, 7) is 3.68. The highest BCUT2D eigenvalue weighted by molar-refractivity contribution is 5.55. The van der Waals surface area contributed by atoms with Crippen LogP contribution in [0.15, 0.2) is 36.4 Å². The molecule has 0 amide bonds. The van der Waals surface area contributed by atoms with E-state index in [-0.39, 0.29) is 11.4 Å². The first-order valence-electron chi connectivity index (χ1n) is 6.06. The molecule has 0 saturated carbocycles. The number of benzene rings is 2. The molecule has 0 fully saturated rings. The van der Waals surface area contributed by atoms with Gasteiger partial charge in [0.05, 0.1) is 15.9 Å². The van der Waals surface area contributed by atoms with Gasteiger partial charge in [0.1, 0.15) is 5.75 Å². The van der Waals surface area contributed by atoms with Crippen LogP contribution in [0.5, 0.6) is 11.5 Å². The molecule has 7 nitrogen and oxygen atoms in total. The molecule has 0 spiro atoms. The van der Waals surface area contributed by atoms with Crippen LogP contribution in [0, 0.1) is 34.1 Å². The van der Waals surface area contributed by atoms with Crippen molar-refractivity contribution in [2.75, 3.05) is 0 Å². The molecule has 0 aliphatic carbocycles. The average Bonchev–Trinajstić information content (AvgIpc) is 2.42. The molecule has 7 heteroatoms. The summed E-state index contributed by atoms with van der Waals surface area (Å²) in [5.41, 5.74) is 0.966. The average molecular weight is 288 g/mol. The monoisotopic (exact) mass is 288 g/mol. The van der Waals surface area contributed by atoms with Crippen LogP contribution in [0.4, 0.5) is 11.4 Å². The topological polar surface area (TPSA) is 95.5 Å². The number of non-ortho nitro benzene ring substituents is 1. The Morgan fingerprint density at radius 3 is 2.24 bits per heavy atom. The number of nitro benzene ring substituents is 2. The lowest BCUT2D eigenvalue weighted by Crippen LogP contribution is -1.97. The third-order valence-electron chi connectivity index (χ3n) is 2.91. The molecule has 21 heavy (non-hydrogen) atoms. The molecule has 0 heterocycles. The van der Waals surface area contributed by atoms with E-state index in [4.69, 9.17) is 4.74 Å². The van der Waals surface area contributed by atoms with E-state index in [2.05, 4.69) is 0 Å². The Kier molecular flexibility index (Phi) is 3.84. The van der Waals surface area contributed by atoms with E-state index in [1.54, 1.807) is 6.07 Å². The summed E-state index contributed by atoms with van der Waals surface area (Å²) < 4.78 is 5.55. The second-order valence-corrected chi connectivity index (χ2v) is 4.54. The lowest BCUT2D eigenvalue weighted by Gasteiger charge is -2.09. The summed E-state index contributed by atoms with van der Waals surface area (Å²) in [5, 5.41) is 21.7. The summed E-state index contributed by atoms with van der Waals surface area (Å²) in [6.07, 6.45) is 0. The Hall–Kier alpha value is -2.96. The number of hydrogen-bond donors (Lipinski definition) is 0. The highest BCUT2D eigenvalue weighted by Gasteiger charge is 2.21. The van der Waals surface area contributed by atoms with Gasteiger partial charge in [0.2, 0.25) is 5.75 Å². The Morgan fingerprint density at radius 2 is 1.62 bits per heavy atom. The SMILES string of the molecule is Cc1ccc(C)c(Oc2ccc([N+](=O)[O-])cc2[N+](=O)[O-])c1. The number of ether oxygens (including phenoxy) is 1. The fourth-order valence-corrected chi connectivity index (χ4v) is 1.78.